The van der Waals surface area contributed by atoms with Crippen LogP contribution in [0.4, 0.5) is 5.69 Å². The van der Waals surface area contributed by atoms with Crippen molar-refractivity contribution in [3.63, 3.8) is 0 Å². The minimum absolute atomic E-state index is 0.0372. The molecule has 5 N–H and O–H groups in total. The van der Waals surface area contributed by atoms with Crippen molar-refractivity contribution in [2.45, 2.75) is 5.75 Å². The third kappa shape index (κ3) is 4.47. The Kier molecular flexibility index (Phi) is 5.12. The molecule has 1 aromatic carbocycles. The van der Waals surface area contributed by atoms with Gasteiger partial charge in [-0.15, -0.1) is 0 Å². The fourth-order valence-corrected chi connectivity index (χ4v) is 1.97. The lowest BCUT2D eigenvalue weighted by atomic mass is 10.2. The maximum atomic E-state index is 10.7. The monoisotopic (exact) mass is 283 g/mol. The Morgan fingerprint density at radius 2 is 2.26 bits per heavy atom. The van der Waals surface area contributed by atoms with Crippen LogP contribution < -0.4 is 16.2 Å². The minimum atomic E-state index is -0.491. The van der Waals surface area contributed by atoms with Gasteiger partial charge in [0.2, 0.25) is 0 Å². The number of hydrogen-bond donors (Lipinski definition) is 3. The second-order valence-electron chi connectivity index (χ2n) is 3.38. The molecule has 102 valence electrons. The number of ether oxygens (including phenoxy) is 1. The van der Waals surface area contributed by atoms with Crippen LogP contribution in [-0.2, 0) is 5.75 Å². The summed E-state index contributed by atoms with van der Waals surface area (Å²) < 4.78 is 5.10. The lowest BCUT2D eigenvalue weighted by molar-refractivity contribution is -0.384. The van der Waals surface area contributed by atoms with E-state index in [4.69, 9.17) is 21.6 Å². The lowest BCUT2D eigenvalue weighted by Gasteiger charge is -2.07. The largest absolute Gasteiger partial charge is 0.496 e. The fourth-order valence-electron chi connectivity index (χ4n) is 1.29. The van der Waals surface area contributed by atoms with Crippen molar-refractivity contribution in [3.8, 4) is 5.75 Å². The number of thioether (sulfide) groups is 1. The molecule has 0 bridgehead atoms. The number of guanidine groups is 1. The predicted octanol–water partition coefficient (Wildman–Crippen LogP) is 1.04. The molecule has 0 aromatic heterocycles. The highest BCUT2D eigenvalue weighted by atomic mass is 32.2. The van der Waals surface area contributed by atoms with Gasteiger partial charge < -0.3 is 16.2 Å². The van der Waals surface area contributed by atoms with E-state index in [1.54, 1.807) is 0 Å². The SMILES string of the molecule is COc1ccc([N+](=O)[O-])cc1CSC(=N)N=C(N)N. The van der Waals surface area contributed by atoms with Crippen molar-refractivity contribution >= 4 is 28.6 Å². The number of hydrogen-bond acceptors (Lipinski definition) is 5. The number of aliphatic imine (C=N–C) groups is 1. The summed E-state index contributed by atoms with van der Waals surface area (Å²) in [7, 11) is 1.47. The summed E-state index contributed by atoms with van der Waals surface area (Å²) in [5.74, 6) is 0.597. The van der Waals surface area contributed by atoms with E-state index in [2.05, 4.69) is 4.99 Å². The highest BCUT2D eigenvalue weighted by molar-refractivity contribution is 8.13. The molecule has 0 saturated carbocycles. The molecule has 0 aliphatic carbocycles. The summed E-state index contributed by atoms with van der Waals surface area (Å²) in [6, 6.07) is 4.27. The third-order valence-electron chi connectivity index (χ3n) is 2.07. The first-order valence-electron chi connectivity index (χ1n) is 5.06. The van der Waals surface area contributed by atoms with Crippen LogP contribution in [0.15, 0.2) is 23.2 Å². The number of nitrogens with two attached hydrogens (primary N) is 2. The standard InChI is InChI=1S/C10H13N5O3S/c1-18-8-3-2-7(15(16)17)4-6(8)5-19-10(13)14-9(11)12/h2-4H,5H2,1H3,(H5,11,12,13,14). The van der Waals surface area contributed by atoms with Crippen LogP contribution in [0, 0.1) is 15.5 Å². The van der Waals surface area contributed by atoms with E-state index in [1.807, 2.05) is 0 Å². The van der Waals surface area contributed by atoms with E-state index in [1.165, 1.54) is 25.3 Å². The van der Waals surface area contributed by atoms with E-state index in [-0.39, 0.29) is 16.8 Å². The van der Waals surface area contributed by atoms with Gasteiger partial charge in [-0.2, -0.15) is 4.99 Å². The third-order valence-corrected chi connectivity index (χ3v) is 2.89. The van der Waals surface area contributed by atoms with Crippen molar-refractivity contribution < 1.29 is 9.66 Å². The Hall–Kier alpha value is -2.29. The van der Waals surface area contributed by atoms with Gasteiger partial charge in [-0.25, -0.2) is 0 Å². The Labute approximate surface area is 113 Å². The number of nitro groups is 1. The molecule has 0 radical (unpaired) electrons. The zero-order chi connectivity index (χ0) is 14.4. The first-order valence-corrected chi connectivity index (χ1v) is 6.05. The van der Waals surface area contributed by atoms with Gasteiger partial charge in [-0.05, 0) is 6.07 Å². The summed E-state index contributed by atoms with van der Waals surface area (Å²) in [4.78, 5) is 13.8. The van der Waals surface area contributed by atoms with Crippen LogP contribution in [-0.4, -0.2) is 23.2 Å². The molecule has 9 heteroatoms. The van der Waals surface area contributed by atoms with Gasteiger partial charge in [0.1, 0.15) is 5.75 Å². The van der Waals surface area contributed by atoms with Crippen molar-refractivity contribution in [1.82, 2.24) is 0 Å². The molecule has 0 saturated heterocycles. The zero-order valence-corrected chi connectivity index (χ0v) is 10.9. The Morgan fingerprint density at radius 3 is 2.79 bits per heavy atom. The number of methoxy groups -OCH3 is 1. The summed E-state index contributed by atoms with van der Waals surface area (Å²) >= 11 is 1.04. The van der Waals surface area contributed by atoms with E-state index in [0.717, 1.165) is 11.8 Å². The zero-order valence-electron chi connectivity index (χ0n) is 10.1. The molecule has 0 aliphatic rings. The molecule has 0 amide bonds. The predicted molar refractivity (Wildman–Crippen MR) is 74.5 cm³/mol. The number of nitro benzene ring substituents is 1. The maximum Gasteiger partial charge on any atom is 0.270 e. The van der Waals surface area contributed by atoms with Gasteiger partial charge in [0.25, 0.3) is 5.69 Å². The van der Waals surface area contributed by atoms with Gasteiger partial charge in [0.05, 0.1) is 12.0 Å². The average Bonchev–Trinajstić information content (AvgIpc) is 2.35. The first kappa shape index (κ1) is 14.8. The average molecular weight is 283 g/mol. The molecular formula is C10H13N5O3S. The number of non-ortho nitro benzene ring substituents is 1. The Balaban J connectivity index is 2.86. The van der Waals surface area contributed by atoms with Crippen LogP contribution >= 0.6 is 11.8 Å². The molecule has 0 atom stereocenters. The maximum absolute atomic E-state index is 10.7. The fraction of sp³-hybridized carbons (Fsp3) is 0.200. The number of benzene rings is 1. The minimum Gasteiger partial charge on any atom is -0.496 e. The summed E-state index contributed by atoms with van der Waals surface area (Å²) in [6.45, 7) is 0. The number of nitrogens with one attached hydrogen (secondary N) is 1. The molecule has 1 rings (SSSR count). The van der Waals surface area contributed by atoms with Crippen LogP contribution in [0.2, 0.25) is 0 Å². The molecule has 19 heavy (non-hydrogen) atoms. The molecule has 8 nitrogen and oxygen atoms in total. The summed E-state index contributed by atoms with van der Waals surface area (Å²) in [5.41, 5.74) is 10.8. The Bertz CT molecular complexity index is 528. The molecule has 0 fully saturated rings. The van der Waals surface area contributed by atoms with E-state index in [9.17, 15) is 10.1 Å². The van der Waals surface area contributed by atoms with Crippen LogP contribution in [0.25, 0.3) is 0 Å². The topological polar surface area (TPSA) is 141 Å². The van der Waals surface area contributed by atoms with Crippen LogP contribution in [0.1, 0.15) is 5.56 Å². The van der Waals surface area contributed by atoms with Crippen molar-refractivity contribution in [1.29, 1.82) is 5.41 Å². The summed E-state index contributed by atoms with van der Waals surface area (Å²) in [5, 5.41) is 18.1. The second-order valence-corrected chi connectivity index (χ2v) is 4.35. The Morgan fingerprint density at radius 1 is 1.58 bits per heavy atom. The number of rotatable bonds is 4. The highest BCUT2D eigenvalue weighted by Gasteiger charge is 2.12. The van der Waals surface area contributed by atoms with Gasteiger partial charge in [0.15, 0.2) is 11.1 Å². The van der Waals surface area contributed by atoms with Crippen LogP contribution in [0.5, 0.6) is 5.75 Å². The van der Waals surface area contributed by atoms with E-state index < -0.39 is 4.92 Å². The van der Waals surface area contributed by atoms with E-state index in [0.29, 0.717) is 17.1 Å². The van der Waals surface area contributed by atoms with Crippen molar-refractivity contribution in [3.05, 3.63) is 33.9 Å². The molecular weight excluding hydrogens is 270 g/mol. The van der Waals surface area contributed by atoms with Gasteiger partial charge in [-0.3, -0.25) is 15.5 Å². The number of nitrogens with zero attached hydrogens (tertiary/aromatic N) is 2. The van der Waals surface area contributed by atoms with Crippen LogP contribution in [0.3, 0.4) is 0 Å². The molecule has 0 spiro atoms. The normalized spacial score (nSPS) is 9.74. The first-order chi connectivity index (χ1) is 8.93. The molecule has 0 heterocycles. The van der Waals surface area contributed by atoms with Crippen molar-refractivity contribution in [2.24, 2.45) is 16.5 Å². The van der Waals surface area contributed by atoms with E-state index >= 15 is 0 Å². The quantitative estimate of drug-likeness (QED) is 0.326. The smallest absolute Gasteiger partial charge is 0.270 e. The molecule has 0 aliphatic heterocycles. The molecule has 1 aromatic rings. The second kappa shape index (κ2) is 6.59. The number of amidine groups is 1. The van der Waals surface area contributed by atoms with Gasteiger partial charge in [-0.1, -0.05) is 11.8 Å². The summed E-state index contributed by atoms with van der Waals surface area (Å²) in [6.07, 6.45) is 0. The highest BCUT2D eigenvalue weighted by Crippen LogP contribution is 2.27. The molecule has 0 unspecified atom stereocenters. The lowest BCUT2D eigenvalue weighted by Crippen LogP contribution is -2.23. The van der Waals surface area contributed by atoms with Gasteiger partial charge in [0, 0.05) is 23.4 Å². The van der Waals surface area contributed by atoms with Gasteiger partial charge >= 0.3 is 0 Å². The van der Waals surface area contributed by atoms with Crippen molar-refractivity contribution in [2.75, 3.05) is 7.11 Å².